The molecule has 12 heteroatoms. The summed E-state index contributed by atoms with van der Waals surface area (Å²) in [5.74, 6) is -3.40. The summed E-state index contributed by atoms with van der Waals surface area (Å²) < 4.78 is 23.1. The Kier molecular flexibility index (Phi) is 6.22. The lowest BCUT2D eigenvalue weighted by Gasteiger charge is -2.47. The van der Waals surface area contributed by atoms with Crippen LogP contribution in [0.2, 0.25) is 5.02 Å². The second-order valence-electron chi connectivity index (χ2n) is 11.4. The van der Waals surface area contributed by atoms with Crippen LogP contribution in [0.3, 0.4) is 0 Å². The molecule has 3 heterocycles. The van der Waals surface area contributed by atoms with Gasteiger partial charge in [-0.25, -0.2) is 32.8 Å². The lowest BCUT2D eigenvalue weighted by molar-refractivity contribution is -0.129. The number of imide groups is 1. The molecule has 44 heavy (non-hydrogen) atoms. The van der Waals surface area contributed by atoms with Crippen LogP contribution in [0.25, 0.3) is 5.69 Å². The number of halogens is 2. The molecule has 1 saturated carbocycles. The first kappa shape index (κ1) is 27.9. The minimum atomic E-state index is -1.37. The number of carbonyl (C=O) groups is 2. The summed E-state index contributed by atoms with van der Waals surface area (Å²) in [6.07, 6.45) is 1.87. The molecule has 1 aliphatic carbocycles. The van der Waals surface area contributed by atoms with Crippen molar-refractivity contribution in [1.29, 1.82) is 0 Å². The van der Waals surface area contributed by atoms with Crippen molar-refractivity contribution >= 4 is 29.1 Å². The van der Waals surface area contributed by atoms with Crippen molar-refractivity contribution in [2.24, 2.45) is 11.3 Å². The number of carbonyl (C=O) groups excluding carboxylic acids is 2. The molecule has 4 aromatic rings. The summed E-state index contributed by atoms with van der Waals surface area (Å²) in [6, 6.07) is 16.2. The Morgan fingerprint density at radius 2 is 1.73 bits per heavy atom. The summed E-state index contributed by atoms with van der Waals surface area (Å²) in [4.78, 5) is 57.1. The highest BCUT2D eigenvalue weighted by atomic mass is 35.5. The molecule has 0 radical (unpaired) electrons. The van der Waals surface area contributed by atoms with Crippen LogP contribution in [0, 0.1) is 17.2 Å². The maximum atomic E-state index is 14.4. The number of nitrogens with zero attached hydrogens (tertiary/aromatic N) is 4. The fourth-order valence-electron chi connectivity index (χ4n) is 7.21. The van der Waals surface area contributed by atoms with Gasteiger partial charge >= 0.3 is 11.4 Å². The van der Waals surface area contributed by atoms with Gasteiger partial charge in [0.05, 0.1) is 47.4 Å². The average molecular weight is 617 g/mol. The van der Waals surface area contributed by atoms with Crippen LogP contribution in [0.5, 0.6) is 11.5 Å². The summed E-state index contributed by atoms with van der Waals surface area (Å²) in [5, 5.41) is 10.5. The molecule has 2 aliphatic heterocycles. The highest BCUT2D eigenvalue weighted by molar-refractivity contribution is 6.31. The first-order valence-electron chi connectivity index (χ1n) is 14.0. The van der Waals surface area contributed by atoms with Crippen LogP contribution in [-0.4, -0.2) is 38.0 Å². The quantitative estimate of drug-likeness (QED) is 0.272. The summed E-state index contributed by atoms with van der Waals surface area (Å²) in [6.45, 7) is 1.75. The van der Waals surface area contributed by atoms with E-state index in [9.17, 15) is 28.7 Å². The first-order valence-corrected chi connectivity index (χ1v) is 14.4. The zero-order valence-electron chi connectivity index (χ0n) is 23.6. The molecule has 3 aliphatic rings. The molecule has 1 N–H and O–H groups in total. The van der Waals surface area contributed by atoms with E-state index in [1.54, 1.807) is 49.4 Å². The molecular weight excluding hydrogens is 591 g/mol. The average Bonchev–Trinajstić information content (AvgIpc) is 3.38. The smallest absolute Gasteiger partial charge is 0.352 e. The summed E-state index contributed by atoms with van der Waals surface area (Å²) in [5.41, 5.74) is -0.744. The molecule has 4 atom stereocenters. The second-order valence-corrected chi connectivity index (χ2v) is 11.8. The van der Waals surface area contributed by atoms with Gasteiger partial charge in [0.15, 0.2) is 11.5 Å². The van der Waals surface area contributed by atoms with E-state index >= 15 is 0 Å². The SMILES string of the molecule is COc1ccc([C@H]2C3=CCn4c(=O)n(-c5ccccc5)c(=O)n4[C@@H]3C[C@H]3C(=O)N(c4ccc(F)c(Cl)c4)C(=O)[C@@]23C)cc1O. The number of phenolic OH excluding ortho intramolecular Hbond substituents is 1. The molecule has 2 fully saturated rings. The van der Waals surface area contributed by atoms with E-state index in [2.05, 4.69) is 0 Å². The maximum absolute atomic E-state index is 14.4. The zero-order chi connectivity index (χ0) is 31.1. The highest BCUT2D eigenvalue weighted by Gasteiger charge is 2.65. The topological polar surface area (TPSA) is 116 Å². The number of allylic oxidation sites excluding steroid dienone is 2. The number of benzene rings is 3. The van der Waals surface area contributed by atoms with E-state index in [1.165, 1.54) is 34.7 Å². The van der Waals surface area contributed by atoms with E-state index in [1.807, 2.05) is 6.08 Å². The van der Waals surface area contributed by atoms with E-state index < -0.39 is 52.3 Å². The number of ether oxygens (including phenoxy) is 1. The largest absolute Gasteiger partial charge is 0.504 e. The predicted octanol–water partition coefficient (Wildman–Crippen LogP) is 4.17. The van der Waals surface area contributed by atoms with E-state index in [-0.39, 0.29) is 35.2 Å². The van der Waals surface area contributed by atoms with Gasteiger partial charge < -0.3 is 9.84 Å². The van der Waals surface area contributed by atoms with Crippen LogP contribution in [0.15, 0.2) is 88.0 Å². The summed E-state index contributed by atoms with van der Waals surface area (Å²) in [7, 11) is 1.42. The maximum Gasteiger partial charge on any atom is 0.352 e. The number of fused-ring (bicyclic) bond motifs is 4. The van der Waals surface area contributed by atoms with Gasteiger partial charge in [0, 0.05) is 5.92 Å². The molecule has 7 rings (SSSR count). The number of rotatable bonds is 4. The second kappa shape index (κ2) is 9.81. The van der Waals surface area contributed by atoms with Gasteiger partial charge in [-0.15, -0.1) is 0 Å². The van der Waals surface area contributed by atoms with Crippen molar-refractivity contribution < 1.29 is 23.8 Å². The molecule has 1 saturated heterocycles. The number of hydrogen-bond acceptors (Lipinski definition) is 6. The van der Waals surface area contributed by atoms with Crippen LogP contribution in [0.1, 0.15) is 30.9 Å². The lowest BCUT2D eigenvalue weighted by Crippen LogP contribution is -2.49. The number of methoxy groups -OCH3 is 1. The molecule has 0 spiro atoms. The van der Waals surface area contributed by atoms with Crippen molar-refractivity contribution in [2.45, 2.75) is 31.8 Å². The van der Waals surface area contributed by atoms with Crippen molar-refractivity contribution in [3.05, 3.63) is 116 Å². The van der Waals surface area contributed by atoms with Crippen LogP contribution >= 0.6 is 11.6 Å². The minimum Gasteiger partial charge on any atom is -0.504 e. The number of aromatic nitrogens is 3. The van der Waals surface area contributed by atoms with E-state index in [0.29, 0.717) is 16.8 Å². The Morgan fingerprint density at radius 1 is 0.977 bits per heavy atom. The number of para-hydroxylation sites is 1. The minimum absolute atomic E-state index is 0.0507. The normalized spacial score (nSPS) is 24.0. The highest BCUT2D eigenvalue weighted by Crippen LogP contribution is 2.61. The van der Waals surface area contributed by atoms with Crippen molar-refractivity contribution in [3.8, 4) is 17.2 Å². The van der Waals surface area contributed by atoms with Gasteiger partial charge in [-0.1, -0.05) is 41.9 Å². The van der Waals surface area contributed by atoms with Gasteiger partial charge in [-0.2, -0.15) is 0 Å². The van der Waals surface area contributed by atoms with Crippen molar-refractivity contribution in [1.82, 2.24) is 13.9 Å². The standard InChI is InChI=1S/C32H26ClFN4O6/c1-32-21(28(40)36(29(32)41)19-9-10-23(34)22(33)15-19)16-24-20(27(32)17-8-11-26(44-2)25(39)14-17)12-13-35-30(42)37(31(43)38(24)35)18-6-4-3-5-7-18/h3-12,14-15,21,24,27,39H,13,16H2,1-2H3/t21-,24+,27-,32+/m0/s1. The molecule has 2 amide bonds. The number of anilines is 1. The molecule has 0 unspecified atom stereocenters. The van der Waals surface area contributed by atoms with Gasteiger partial charge in [-0.05, 0) is 66.9 Å². The monoisotopic (exact) mass is 616 g/mol. The number of aromatic hydroxyl groups is 1. The third-order valence-electron chi connectivity index (χ3n) is 9.25. The van der Waals surface area contributed by atoms with Crippen molar-refractivity contribution in [2.75, 3.05) is 12.0 Å². The molecule has 0 bridgehead atoms. The van der Waals surface area contributed by atoms with E-state index in [4.69, 9.17) is 16.3 Å². The Labute approximate surface area is 254 Å². The third kappa shape index (κ3) is 3.71. The third-order valence-corrected chi connectivity index (χ3v) is 9.54. The molecular formula is C32H26ClFN4O6. The molecule has 3 aromatic carbocycles. The fraction of sp³-hybridized carbons (Fsp3) is 0.250. The number of amides is 2. The van der Waals surface area contributed by atoms with E-state index in [0.717, 1.165) is 15.5 Å². The van der Waals surface area contributed by atoms with Gasteiger partial charge in [0.2, 0.25) is 11.8 Å². The van der Waals surface area contributed by atoms with Crippen LogP contribution in [0.4, 0.5) is 10.1 Å². The van der Waals surface area contributed by atoms with Gasteiger partial charge in [0.1, 0.15) is 5.82 Å². The van der Waals surface area contributed by atoms with Crippen LogP contribution in [-0.2, 0) is 16.1 Å². The molecule has 224 valence electrons. The number of phenols is 1. The van der Waals surface area contributed by atoms with Gasteiger partial charge in [-0.3, -0.25) is 9.59 Å². The zero-order valence-corrected chi connectivity index (χ0v) is 24.4. The Hall–Kier alpha value is -4.90. The Balaban J connectivity index is 1.44. The Bertz CT molecular complexity index is 2030. The van der Waals surface area contributed by atoms with Gasteiger partial charge in [0.25, 0.3) is 0 Å². The van der Waals surface area contributed by atoms with Crippen LogP contribution < -0.4 is 21.0 Å². The van der Waals surface area contributed by atoms with Crippen molar-refractivity contribution in [3.63, 3.8) is 0 Å². The Morgan fingerprint density at radius 3 is 2.41 bits per heavy atom. The molecule has 10 nitrogen and oxygen atoms in total. The number of hydrogen-bond donors (Lipinski definition) is 1. The fourth-order valence-corrected chi connectivity index (χ4v) is 7.39. The predicted molar refractivity (Wildman–Crippen MR) is 159 cm³/mol. The lowest BCUT2D eigenvalue weighted by atomic mass is 9.56. The summed E-state index contributed by atoms with van der Waals surface area (Å²) >= 11 is 6.04. The first-order chi connectivity index (χ1) is 21.1. The molecule has 1 aromatic heterocycles.